The van der Waals surface area contributed by atoms with Crippen LogP contribution in [0.3, 0.4) is 0 Å². The van der Waals surface area contributed by atoms with Crippen LogP contribution in [0.25, 0.3) is 22.3 Å². The summed E-state index contributed by atoms with van der Waals surface area (Å²) in [7, 11) is 0. The molecule has 0 unspecified atom stereocenters. The summed E-state index contributed by atoms with van der Waals surface area (Å²) in [6, 6.07) is 28.2. The first kappa shape index (κ1) is 19.3. The summed E-state index contributed by atoms with van der Waals surface area (Å²) in [6.45, 7) is 2.25. The molecule has 3 aromatic rings. The minimum Gasteiger partial charge on any atom is -0.450 e. The first-order valence-corrected chi connectivity index (χ1v) is 8.78. The van der Waals surface area contributed by atoms with Crippen LogP contribution in [0.5, 0.6) is 0 Å². The van der Waals surface area contributed by atoms with Gasteiger partial charge >= 0.3 is 6.16 Å². The lowest BCUT2D eigenvalue weighted by molar-refractivity contribution is 0.137. The van der Waals surface area contributed by atoms with E-state index in [1.54, 1.807) is 0 Å². The van der Waals surface area contributed by atoms with E-state index in [0.717, 1.165) is 6.42 Å². The van der Waals surface area contributed by atoms with Crippen molar-refractivity contribution in [1.82, 2.24) is 0 Å². The maximum Gasteiger partial charge on any atom is 0.503 e. The van der Waals surface area contributed by atoms with Gasteiger partial charge in [0.2, 0.25) is 0 Å². The molecule has 0 aliphatic carbocycles. The summed E-state index contributed by atoms with van der Waals surface area (Å²) >= 11 is 0. The molecule has 0 radical (unpaired) electrons. The van der Waals surface area contributed by atoms with Crippen molar-refractivity contribution in [3.05, 3.63) is 84.4 Å². The zero-order valence-corrected chi connectivity index (χ0v) is 14.9. The SMILES string of the molecule is CCCCc1cccc(-c2ccccc2)c1-c1ccccc1.O=C(O)O. The molecule has 0 amide bonds. The Morgan fingerprint density at radius 1 is 0.769 bits per heavy atom. The highest BCUT2D eigenvalue weighted by atomic mass is 16.6. The highest BCUT2D eigenvalue weighted by molar-refractivity contribution is 5.85. The first-order valence-electron chi connectivity index (χ1n) is 8.78. The summed E-state index contributed by atoms with van der Waals surface area (Å²) in [6.07, 6.45) is 1.77. The minimum absolute atomic E-state index is 1.14. The van der Waals surface area contributed by atoms with Crippen LogP contribution in [-0.4, -0.2) is 16.4 Å². The quantitative estimate of drug-likeness (QED) is 0.547. The number of rotatable bonds is 5. The maximum atomic E-state index is 8.56. The number of unbranched alkanes of at least 4 members (excludes halogenated alkanes) is 1. The zero-order chi connectivity index (χ0) is 18.8. The van der Waals surface area contributed by atoms with E-state index < -0.39 is 6.16 Å². The van der Waals surface area contributed by atoms with E-state index in [9.17, 15) is 0 Å². The van der Waals surface area contributed by atoms with Gasteiger partial charge in [-0.3, -0.25) is 0 Å². The van der Waals surface area contributed by atoms with Gasteiger partial charge in [-0.15, -0.1) is 0 Å². The number of carboxylic acid groups (broad SMARTS) is 2. The van der Waals surface area contributed by atoms with Crippen molar-refractivity contribution in [2.75, 3.05) is 0 Å². The molecule has 3 aromatic carbocycles. The Morgan fingerprint density at radius 2 is 1.31 bits per heavy atom. The van der Waals surface area contributed by atoms with Crippen LogP contribution < -0.4 is 0 Å². The van der Waals surface area contributed by atoms with Crippen LogP contribution in [0.15, 0.2) is 78.9 Å². The number of benzene rings is 3. The van der Waals surface area contributed by atoms with Gasteiger partial charge in [-0.05, 0) is 40.7 Å². The highest BCUT2D eigenvalue weighted by Gasteiger charge is 2.11. The van der Waals surface area contributed by atoms with E-state index in [1.807, 2.05) is 0 Å². The molecule has 3 heteroatoms. The predicted molar refractivity (Wildman–Crippen MR) is 107 cm³/mol. The molecule has 0 saturated carbocycles. The van der Waals surface area contributed by atoms with E-state index in [-0.39, 0.29) is 0 Å². The van der Waals surface area contributed by atoms with Crippen molar-refractivity contribution in [2.24, 2.45) is 0 Å². The van der Waals surface area contributed by atoms with Crippen LogP contribution in [0.1, 0.15) is 25.3 Å². The molecule has 0 fully saturated rings. The molecule has 26 heavy (non-hydrogen) atoms. The van der Waals surface area contributed by atoms with Gasteiger partial charge in [-0.25, -0.2) is 4.79 Å². The Balaban J connectivity index is 0.000000552. The van der Waals surface area contributed by atoms with Crippen LogP contribution in [0.4, 0.5) is 4.79 Å². The molecule has 0 aliphatic heterocycles. The van der Waals surface area contributed by atoms with Gasteiger partial charge in [-0.1, -0.05) is 92.2 Å². The van der Waals surface area contributed by atoms with Gasteiger partial charge < -0.3 is 10.2 Å². The number of aryl methyl sites for hydroxylation is 1. The molecule has 3 nitrogen and oxygen atoms in total. The standard InChI is InChI=1S/C22H22.CH2O3/c1-2-3-11-19-16-10-17-21(18-12-6-4-7-13-18)22(19)20-14-8-5-9-15-20;2-1(3)4/h4-10,12-17H,2-3,11H2,1H3;(H2,2,3,4). The third-order valence-corrected chi connectivity index (χ3v) is 4.10. The molecule has 2 N–H and O–H groups in total. The van der Waals surface area contributed by atoms with Gasteiger partial charge in [0.05, 0.1) is 0 Å². The number of hydrogen-bond acceptors (Lipinski definition) is 1. The molecule has 0 atom stereocenters. The maximum absolute atomic E-state index is 8.56. The van der Waals surface area contributed by atoms with Crippen molar-refractivity contribution in [3.8, 4) is 22.3 Å². The fraction of sp³-hybridized carbons (Fsp3) is 0.174. The normalized spacial score (nSPS) is 9.88. The predicted octanol–water partition coefficient (Wildman–Crippen LogP) is 6.59. The molecular formula is C23H24O3. The molecule has 134 valence electrons. The second kappa shape index (κ2) is 10.0. The lowest BCUT2D eigenvalue weighted by Crippen LogP contribution is -1.94. The Bertz CT molecular complexity index is 807. The van der Waals surface area contributed by atoms with Crippen molar-refractivity contribution in [3.63, 3.8) is 0 Å². The smallest absolute Gasteiger partial charge is 0.450 e. The van der Waals surface area contributed by atoms with Crippen LogP contribution in [0, 0.1) is 0 Å². The minimum atomic E-state index is -1.83. The molecular weight excluding hydrogens is 324 g/mol. The van der Waals surface area contributed by atoms with E-state index in [1.165, 1.54) is 40.7 Å². The lowest BCUT2D eigenvalue weighted by Gasteiger charge is -2.15. The second-order valence-corrected chi connectivity index (χ2v) is 5.96. The topological polar surface area (TPSA) is 57.5 Å². The fourth-order valence-corrected chi connectivity index (χ4v) is 2.98. The molecule has 0 heterocycles. The molecule has 0 spiro atoms. The van der Waals surface area contributed by atoms with Crippen LogP contribution in [0.2, 0.25) is 0 Å². The van der Waals surface area contributed by atoms with E-state index >= 15 is 0 Å². The summed E-state index contributed by atoms with van der Waals surface area (Å²) in [5.41, 5.74) is 6.78. The van der Waals surface area contributed by atoms with E-state index in [4.69, 9.17) is 15.0 Å². The molecule has 3 rings (SSSR count). The van der Waals surface area contributed by atoms with Gasteiger partial charge in [-0.2, -0.15) is 0 Å². The summed E-state index contributed by atoms with van der Waals surface area (Å²) in [4.78, 5) is 8.56. The van der Waals surface area contributed by atoms with Crippen molar-refractivity contribution in [2.45, 2.75) is 26.2 Å². The van der Waals surface area contributed by atoms with Crippen LogP contribution >= 0.6 is 0 Å². The molecule has 0 aromatic heterocycles. The molecule has 0 bridgehead atoms. The van der Waals surface area contributed by atoms with Crippen molar-refractivity contribution < 1.29 is 15.0 Å². The van der Waals surface area contributed by atoms with Crippen LogP contribution in [-0.2, 0) is 6.42 Å². The summed E-state index contributed by atoms with van der Waals surface area (Å²) in [5, 5.41) is 13.9. The first-order chi connectivity index (χ1) is 12.6. The monoisotopic (exact) mass is 348 g/mol. The average Bonchev–Trinajstić information content (AvgIpc) is 2.67. The largest absolute Gasteiger partial charge is 0.503 e. The van der Waals surface area contributed by atoms with Crippen molar-refractivity contribution in [1.29, 1.82) is 0 Å². The number of carbonyl (C=O) groups is 1. The summed E-state index contributed by atoms with van der Waals surface area (Å²) < 4.78 is 0. The van der Waals surface area contributed by atoms with Gasteiger partial charge in [0.1, 0.15) is 0 Å². The van der Waals surface area contributed by atoms with Gasteiger partial charge in [0, 0.05) is 0 Å². The average molecular weight is 348 g/mol. The van der Waals surface area contributed by atoms with Crippen molar-refractivity contribution >= 4 is 6.16 Å². The fourth-order valence-electron chi connectivity index (χ4n) is 2.98. The Labute approximate surface area is 154 Å². The zero-order valence-electron chi connectivity index (χ0n) is 14.9. The summed E-state index contributed by atoms with van der Waals surface area (Å²) in [5.74, 6) is 0. The van der Waals surface area contributed by atoms with Gasteiger partial charge in [0.25, 0.3) is 0 Å². The Hall–Kier alpha value is -3.07. The van der Waals surface area contributed by atoms with E-state index in [0.29, 0.717) is 0 Å². The third-order valence-electron chi connectivity index (χ3n) is 4.10. The van der Waals surface area contributed by atoms with Gasteiger partial charge in [0.15, 0.2) is 0 Å². The number of hydrogen-bond donors (Lipinski definition) is 2. The molecule has 0 aliphatic rings. The third kappa shape index (κ3) is 5.49. The Kier molecular flexibility index (Phi) is 7.44. The Morgan fingerprint density at radius 3 is 1.85 bits per heavy atom. The van der Waals surface area contributed by atoms with E-state index in [2.05, 4.69) is 85.8 Å². The highest BCUT2D eigenvalue weighted by Crippen LogP contribution is 2.35. The lowest BCUT2D eigenvalue weighted by atomic mass is 9.89. The second-order valence-electron chi connectivity index (χ2n) is 5.96. The molecule has 0 saturated heterocycles.